The Hall–Kier alpha value is -1.82. The first-order chi connectivity index (χ1) is 11.5. The van der Waals surface area contributed by atoms with Gasteiger partial charge in [0.05, 0.1) is 43.3 Å². The number of ether oxygens (including phenoxy) is 3. The number of anilines is 1. The molecule has 0 unspecified atom stereocenters. The molecule has 0 amide bonds. The van der Waals surface area contributed by atoms with Gasteiger partial charge in [-0.15, -0.1) is 0 Å². The highest BCUT2D eigenvalue weighted by Gasteiger charge is 2.12. The minimum absolute atomic E-state index is 0.370. The second kappa shape index (κ2) is 8.33. The van der Waals surface area contributed by atoms with Gasteiger partial charge in [0.2, 0.25) is 5.75 Å². The third-order valence-electron chi connectivity index (χ3n) is 3.08. The van der Waals surface area contributed by atoms with Crippen LogP contribution in [0.25, 0.3) is 0 Å². The Bertz CT molecular complexity index is 718. The lowest BCUT2D eigenvalue weighted by molar-refractivity contribution is 0.324. The normalized spacial score (nSPS) is 10.8. The number of nitrogens with one attached hydrogen (secondary N) is 1. The predicted molar refractivity (Wildman–Crippen MR) is 98.8 cm³/mol. The second-order valence-corrected chi connectivity index (χ2v) is 5.82. The molecule has 5 nitrogen and oxygen atoms in total. The van der Waals surface area contributed by atoms with Crippen LogP contribution in [-0.4, -0.2) is 27.5 Å². The molecule has 2 rings (SSSR count). The van der Waals surface area contributed by atoms with Crippen molar-refractivity contribution >= 4 is 46.7 Å². The molecule has 0 saturated heterocycles. The summed E-state index contributed by atoms with van der Waals surface area (Å²) in [6, 6.07) is 6.67. The molecular weight excluding hydrogens is 375 g/mol. The van der Waals surface area contributed by atoms with E-state index >= 15 is 0 Å². The molecule has 8 heteroatoms. The fourth-order valence-corrected chi connectivity index (χ4v) is 2.90. The van der Waals surface area contributed by atoms with E-state index in [9.17, 15) is 0 Å². The summed E-state index contributed by atoms with van der Waals surface area (Å²) >= 11 is 18.1. The SMILES string of the molecule is COc1cc(/C=N\Nc2c(Cl)cc(Cl)cc2Cl)cc(OC)c1OC. The summed E-state index contributed by atoms with van der Waals surface area (Å²) in [6.07, 6.45) is 1.58. The number of rotatable bonds is 6. The molecule has 1 N–H and O–H groups in total. The lowest BCUT2D eigenvalue weighted by atomic mass is 10.2. The highest BCUT2D eigenvalue weighted by molar-refractivity contribution is 6.41. The largest absolute Gasteiger partial charge is 0.493 e. The molecule has 0 aliphatic heterocycles. The molecule has 0 atom stereocenters. The summed E-state index contributed by atoms with van der Waals surface area (Å²) < 4.78 is 15.9. The van der Waals surface area contributed by atoms with E-state index < -0.39 is 0 Å². The Balaban J connectivity index is 2.27. The first kappa shape index (κ1) is 18.5. The lowest BCUT2D eigenvalue weighted by Gasteiger charge is -2.12. The zero-order valence-corrected chi connectivity index (χ0v) is 15.5. The van der Waals surface area contributed by atoms with E-state index in [-0.39, 0.29) is 0 Å². The molecule has 0 aromatic heterocycles. The fraction of sp³-hybridized carbons (Fsp3) is 0.188. The number of methoxy groups -OCH3 is 3. The Morgan fingerprint density at radius 2 is 1.42 bits per heavy atom. The quantitative estimate of drug-likeness (QED) is 0.550. The Kier molecular flexibility index (Phi) is 6.43. The van der Waals surface area contributed by atoms with Crippen molar-refractivity contribution < 1.29 is 14.2 Å². The van der Waals surface area contributed by atoms with Crippen LogP contribution in [0.4, 0.5) is 5.69 Å². The molecule has 2 aromatic carbocycles. The number of hydrogen-bond acceptors (Lipinski definition) is 5. The number of benzene rings is 2. The van der Waals surface area contributed by atoms with E-state index in [4.69, 9.17) is 49.0 Å². The van der Waals surface area contributed by atoms with Crippen LogP contribution in [0.1, 0.15) is 5.56 Å². The molecule has 0 fully saturated rings. The van der Waals surface area contributed by atoms with Gasteiger partial charge in [-0.3, -0.25) is 5.43 Å². The van der Waals surface area contributed by atoms with Gasteiger partial charge in [0.15, 0.2) is 11.5 Å². The van der Waals surface area contributed by atoms with Crippen LogP contribution in [0.2, 0.25) is 15.1 Å². The molecule has 0 aliphatic rings. The molecule has 24 heavy (non-hydrogen) atoms. The van der Waals surface area contributed by atoms with E-state index in [1.165, 1.54) is 0 Å². The number of hydrazone groups is 1. The van der Waals surface area contributed by atoms with E-state index in [2.05, 4.69) is 10.5 Å². The van der Waals surface area contributed by atoms with Crippen molar-refractivity contribution in [2.75, 3.05) is 26.8 Å². The van der Waals surface area contributed by atoms with E-state index in [0.29, 0.717) is 38.0 Å². The van der Waals surface area contributed by atoms with Crippen LogP contribution in [0, 0.1) is 0 Å². The van der Waals surface area contributed by atoms with E-state index in [1.807, 2.05) is 0 Å². The van der Waals surface area contributed by atoms with Crippen LogP contribution in [-0.2, 0) is 0 Å². The maximum absolute atomic E-state index is 6.09. The molecule has 0 aliphatic carbocycles. The van der Waals surface area contributed by atoms with Crippen molar-refractivity contribution in [2.45, 2.75) is 0 Å². The highest BCUT2D eigenvalue weighted by atomic mass is 35.5. The van der Waals surface area contributed by atoms with Crippen molar-refractivity contribution in [1.82, 2.24) is 0 Å². The lowest BCUT2D eigenvalue weighted by Crippen LogP contribution is -1.98. The highest BCUT2D eigenvalue weighted by Crippen LogP contribution is 2.38. The van der Waals surface area contributed by atoms with Gasteiger partial charge in [-0.25, -0.2) is 0 Å². The summed E-state index contributed by atoms with van der Waals surface area (Å²) in [4.78, 5) is 0. The van der Waals surface area contributed by atoms with Gasteiger partial charge >= 0.3 is 0 Å². The summed E-state index contributed by atoms with van der Waals surface area (Å²) in [7, 11) is 4.63. The maximum atomic E-state index is 6.09. The monoisotopic (exact) mass is 388 g/mol. The van der Waals surface area contributed by atoms with Gasteiger partial charge in [-0.2, -0.15) is 5.10 Å². The standard InChI is InChI=1S/C16H15Cl3N2O3/c1-22-13-4-9(5-14(23-2)16(13)24-3)8-20-21-15-11(18)6-10(17)7-12(15)19/h4-8,21H,1-3H3/b20-8-. The number of halogens is 3. The average Bonchev–Trinajstić information content (AvgIpc) is 2.56. The van der Waals surface area contributed by atoms with Crippen molar-refractivity contribution in [3.8, 4) is 17.2 Å². The van der Waals surface area contributed by atoms with E-state index in [1.54, 1.807) is 51.8 Å². The Morgan fingerprint density at radius 3 is 1.88 bits per heavy atom. The first-order valence-electron chi connectivity index (χ1n) is 6.73. The second-order valence-electron chi connectivity index (χ2n) is 4.57. The topological polar surface area (TPSA) is 52.1 Å². The van der Waals surface area contributed by atoms with Gasteiger partial charge in [0.1, 0.15) is 0 Å². The third kappa shape index (κ3) is 4.17. The maximum Gasteiger partial charge on any atom is 0.203 e. The Labute approximate surface area is 155 Å². The molecule has 2 aromatic rings. The summed E-state index contributed by atoms with van der Waals surface area (Å²) in [6.45, 7) is 0. The Morgan fingerprint density at radius 1 is 0.875 bits per heavy atom. The van der Waals surface area contributed by atoms with Crippen molar-refractivity contribution in [2.24, 2.45) is 5.10 Å². The molecule has 0 radical (unpaired) electrons. The minimum atomic E-state index is 0.370. The van der Waals surface area contributed by atoms with Crippen molar-refractivity contribution in [1.29, 1.82) is 0 Å². The molecule has 128 valence electrons. The van der Waals surface area contributed by atoms with E-state index in [0.717, 1.165) is 5.56 Å². The van der Waals surface area contributed by atoms with Crippen LogP contribution in [0.3, 0.4) is 0 Å². The van der Waals surface area contributed by atoms with Gasteiger partial charge < -0.3 is 14.2 Å². The average molecular weight is 390 g/mol. The van der Waals surface area contributed by atoms with Gasteiger partial charge in [0.25, 0.3) is 0 Å². The van der Waals surface area contributed by atoms with Crippen LogP contribution in [0.5, 0.6) is 17.2 Å². The minimum Gasteiger partial charge on any atom is -0.493 e. The number of nitrogens with zero attached hydrogens (tertiary/aromatic N) is 1. The zero-order valence-electron chi connectivity index (χ0n) is 13.2. The third-order valence-corrected chi connectivity index (χ3v) is 3.90. The van der Waals surface area contributed by atoms with Gasteiger partial charge in [0, 0.05) is 10.6 Å². The molecule has 0 saturated carbocycles. The summed E-state index contributed by atoms with van der Waals surface area (Å²) in [5.74, 6) is 1.57. The first-order valence-corrected chi connectivity index (χ1v) is 7.87. The van der Waals surface area contributed by atoms with Crippen molar-refractivity contribution in [3.05, 3.63) is 44.9 Å². The molecule has 0 heterocycles. The molecule has 0 bridgehead atoms. The van der Waals surface area contributed by atoms with Gasteiger partial charge in [-0.1, -0.05) is 34.8 Å². The van der Waals surface area contributed by atoms with Crippen LogP contribution in [0.15, 0.2) is 29.4 Å². The zero-order chi connectivity index (χ0) is 17.7. The predicted octanol–water partition coefficient (Wildman–Crippen LogP) is 5.12. The van der Waals surface area contributed by atoms with Crippen LogP contribution < -0.4 is 19.6 Å². The van der Waals surface area contributed by atoms with Crippen molar-refractivity contribution in [3.63, 3.8) is 0 Å². The molecular formula is C16H15Cl3N2O3. The number of hydrogen-bond donors (Lipinski definition) is 1. The smallest absolute Gasteiger partial charge is 0.203 e. The summed E-state index contributed by atoms with van der Waals surface area (Å²) in [5.41, 5.74) is 3.99. The summed E-state index contributed by atoms with van der Waals surface area (Å²) in [5, 5.41) is 5.32. The molecule has 0 spiro atoms. The van der Waals surface area contributed by atoms with Gasteiger partial charge in [-0.05, 0) is 24.3 Å². The fourth-order valence-electron chi connectivity index (χ4n) is 2.00. The van der Waals surface area contributed by atoms with Crippen LogP contribution >= 0.6 is 34.8 Å².